The van der Waals surface area contributed by atoms with Gasteiger partial charge in [0.25, 0.3) is 0 Å². The van der Waals surface area contributed by atoms with Crippen molar-refractivity contribution in [3.8, 4) is 0 Å². The van der Waals surface area contributed by atoms with Gasteiger partial charge in [-0.05, 0) is 50.4 Å². The van der Waals surface area contributed by atoms with Gasteiger partial charge in [-0.2, -0.15) is 0 Å². The molecule has 2 aliphatic rings. The van der Waals surface area contributed by atoms with Gasteiger partial charge in [0.1, 0.15) is 12.1 Å². The van der Waals surface area contributed by atoms with E-state index in [1.807, 2.05) is 73.6 Å². The fraction of sp³-hybridized carbons (Fsp3) is 0.667. The summed E-state index contributed by atoms with van der Waals surface area (Å²) in [5.74, 6) is -1.50. The van der Waals surface area contributed by atoms with E-state index in [9.17, 15) is 19.5 Å². The van der Waals surface area contributed by atoms with Crippen LogP contribution in [0.2, 0.25) is 0 Å². The van der Waals surface area contributed by atoms with Gasteiger partial charge in [0.15, 0.2) is 0 Å². The lowest BCUT2D eigenvalue weighted by molar-refractivity contribution is -0.420. The monoisotopic (exact) mass is 488 g/mol. The number of nitrogens with zero attached hydrogens (tertiary/aromatic N) is 1. The molecule has 5 atom stereocenters. The molecule has 0 aromatic heterocycles. The van der Waals surface area contributed by atoms with E-state index in [-0.39, 0.29) is 23.2 Å². The second kappa shape index (κ2) is 10.2. The van der Waals surface area contributed by atoms with Gasteiger partial charge < -0.3 is 31.2 Å². The summed E-state index contributed by atoms with van der Waals surface area (Å²) < 4.78 is 0. The molecule has 8 heteroatoms. The highest BCUT2D eigenvalue weighted by Crippen LogP contribution is 2.64. The van der Waals surface area contributed by atoms with E-state index >= 15 is 0 Å². The van der Waals surface area contributed by atoms with Gasteiger partial charge in [-0.1, -0.05) is 65.0 Å². The van der Waals surface area contributed by atoms with Crippen LogP contribution in [0.5, 0.6) is 0 Å². The first kappa shape index (κ1) is 28.6. The van der Waals surface area contributed by atoms with Crippen LogP contribution in [-0.2, 0) is 9.59 Å². The third kappa shape index (κ3) is 6.97. The highest BCUT2D eigenvalue weighted by atomic mass is 16.4. The summed E-state index contributed by atoms with van der Waals surface area (Å²) in [5.41, 5.74) is 4.12. The Morgan fingerprint density at radius 3 is 2.03 bits per heavy atom. The van der Waals surface area contributed by atoms with Gasteiger partial charge in [0.05, 0.1) is 12.0 Å². The molecule has 35 heavy (non-hydrogen) atoms. The number of likely N-dealkylation sites (tertiary alicyclic amines) is 1. The van der Waals surface area contributed by atoms with E-state index in [2.05, 4.69) is 35.4 Å². The first-order valence-electron chi connectivity index (χ1n) is 12.4. The Hall–Kier alpha value is -2.61. The minimum absolute atomic E-state index is 0.0829. The smallest absolute Gasteiger partial charge is 0.315 e. The molecule has 1 heterocycles. The number of aliphatic carboxylic acids is 1. The van der Waals surface area contributed by atoms with Gasteiger partial charge in [0, 0.05) is 17.6 Å². The molecule has 1 aliphatic heterocycles. The molecule has 196 valence electrons. The molecule has 1 aromatic rings. The number of fused-ring (bicyclic) bond motifs is 1. The molecule has 5 N–H and O–H groups in total. The molecule has 1 saturated carbocycles. The Morgan fingerprint density at radius 1 is 1.09 bits per heavy atom. The maximum atomic E-state index is 13.2. The van der Waals surface area contributed by atoms with Crippen LogP contribution in [0.1, 0.15) is 73.9 Å². The summed E-state index contributed by atoms with van der Waals surface area (Å²) in [6.45, 7) is 17.6. The Labute approximate surface area is 210 Å². The van der Waals surface area contributed by atoms with Crippen molar-refractivity contribution in [1.82, 2.24) is 15.5 Å². The zero-order chi connectivity index (χ0) is 26.9. The van der Waals surface area contributed by atoms with Crippen molar-refractivity contribution in [2.45, 2.75) is 86.0 Å². The Morgan fingerprint density at radius 2 is 1.63 bits per heavy atom. The first-order chi connectivity index (χ1) is 15.9. The number of benzene rings is 1. The van der Waals surface area contributed by atoms with Crippen LogP contribution in [0.4, 0.5) is 4.79 Å². The normalized spacial score (nSPS) is 24.3. The van der Waals surface area contributed by atoms with Gasteiger partial charge in [-0.15, -0.1) is 0 Å². The average Bonchev–Trinajstić information content (AvgIpc) is 3.06. The Bertz CT molecular complexity index is 915. The Kier molecular flexibility index (Phi) is 8.32. The van der Waals surface area contributed by atoms with Crippen molar-refractivity contribution in [2.24, 2.45) is 22.7 Å². The average molecular weight is 489 g/mol. The fourth-order valence-corrected chi connectivity index (χ4v) is 4.89. The summed E-state index contributed by atoms with van der Waals surface area (Å²) in [7, 11) is 0. The lowest BCUT2D eigenvalue weighted by Crippen LogP contribution is -2.61. The zero-order valence-corrected chi connectivity index (χ0v) is 22.8. The number of urea groups is 1. The van der Waals surface area contributed by atoms with E-state index in [0.717, 1.165) is 0 Å². The molecule has 3 rings (SSSR count). The van der Waals surface area contributed by atoms with Crippen LogP contribution in [0.3, 0.4) is 0 Å². The number of amides is 3. The van der Waals surface area contributed by atoms with Crippen LogP contribution in [0.15, 0.2) is 30.3 Å². The van der Waals surface area contributed by atoms with Crippen LogP contribution < -0.4 is 21.5 Å². The van der Waals surface area contributed by atoms with E-state index in [0.29, 0.717) is 12.6 Å². The third-order valence-corrected chi connectivity index (χ3v) is 6.98. The van der Waals surface area contributed by atoms with Gasteiger partial charge in [0.2, 0.25) is 5.91 Å². The minimum Gasteiger partial charge on any atom is -0.548 e. The number of carbonyl (C=O) groups is 3. The molecule has 3 amide bonds. The van der Waals surface area contributed by atoms with Gasteiger partial charge >= 0.3 is 6.03 Å². The lowest BCUT2D eigenvalue weighted by atomic mass is 9.85. The molecule has 0 spiro atoms. The van der Waals surface area contributed by atoms with Crippen molar-refractivity contribution >= 4 is 17.9 Å². The van der Waals surface area contributed by atoms with Crippen molar-refractivity contribution in [3.63, 3.8) is 0 Å². The molecule has 2 fully saturated rings. The van der Waals surface area contributed by atoms with Crippen molar-refractivity contribution in [2.75, 3.05) is 6.54 Å². The number of hydrogen-bond donors (Lipinski definition) is 3. The molecule has 1 aliphatic carbocycles. The predicted molar refractivity (Wildman–Crippen MR) is 134 cm³/mol. The summed E-state index contributed by atoms with van der Waals surface area (Å²) in [5, 5.41) is 17.2. The van der Waals surface area contributed by atoms with Crippen LogP contribution in [0.25, 0.3) is 0 Å². The van der Waals surface area contributed by atoms with Crippen LogP contribution in [-0.4, -0.2) is 47.0 Å². The van der Waals surface area contributed by atoms with Gasteiger partial charge in [-0.25, -0.2) is 4.79 Å². The summed E-state index contributed by atoms with van der Waals surface area (Å²) in [4.78, 5) is 38.6. The number of piperidine rings is 1. The number of nitrogens with one attached hydrogen (secondary N) is 2. The number of carboxylic acid groups (broad SMARTS) is 1. The second-order valence-electron chi connectivity index (χ2n) is 12.7. The maximum absolute atomic E-state index is 13.2. The minimum atomic E-state index is -1.22. The summed E-state index contributed by atoms with van der Waals surface area (Å²) in [6.07, 6.45) is 0. The lowest BCUT2D eigenvalue weighted by Gasteiger charge is -2.38. The van der Waals surface area contributed by atoms with Crippen LogP contribution in [0, 0.1) is 22.7 Å². The van der Waals surface area contributed by atoms with E-state index in [1.165, 1.54) is 10.5 Å². The van der Waals surface area contributed by atoms with E-state index < -0.39 is 35.0 Å². The summed E-state index contributed by atoms with van der Waals surface area (Å²) in [6, 6.07) is 8.49. The van der Waals surface area contributed by atoms with Crippen molar-refractivity contribution < 1.29 is 25.2 Å². The zero-order valence-electron chi connectivity index (χ0n) is 22.8. The highest BCUT2D eigenvalue weighted by Gasteiger charge is 2.68. The Balaban J connectivity index is 0.000000402. The van der Waals surface area contributed by atoms with Crippen molar-refractivity contribution in [3.05, 3.63) is 35.9 Å². The van der Waals surface area contributed by atoms with E-state index in [1.54, 1.807) is 0 Å². The molecule has 1 unspecified atom stereocenters. The predicted octanol–water partition coefficient (Wildman–Crippen LogP) is 1.72. The number of hydrogen-bond acceptors (Lipinski definition) is 4. The van der Waals surface area contributed by atoms with Gasteiger partial charge in [-0.3, -0.25) is 4.79 Å². The fourth-order valence-electron chi connectivity index (χ4n) is 4.89. The van der Waals surface area contributed by atoms with Crippen LogP contribution >= 0.6 is 0 Å². The standard InChI is InChI=1S/C19H33N3O4.C8H11N/c1-17(2,3)13(20-16(26)21-18(4,5)6)14(23)22-9-10-11(19(10,7)8)12(22)15(24)25;1-7(9)8-5-3-2-4-6-8/h10-13H,9H2,1-8H3,(H,24,25)(H2,20,21,26);2-7H,9H2,1H3/t10?,11-,12-,13+;7-/m00/s1. The summed E-state index contributed by atoms with van der Waals surface area (Å²) >= 11 is 0. The molecule has 8 nitrogen and oxygen atoms in total. The topological polar surface area (TPSA) is 129 Å². The molecular weight excluding hydrogens is 444 g/mol. The molecule has 1 saturated heterocycles. The van der Waals surface area contributed by atoms with E-state index in [4.69, 9.17) is 0 Å². The molecule has 0 bridgehead atoms. The number of carbonyl (C=O) groups excluding carboxylic acids is 3. The number of rotatable bonds is 4. The second-order valence-corrected chi connectivity index (χ2v) is 12.7. The maximum Gasteiger partial charge on any atom is 0.315 e. The first-order valence-corrected chi connectivity index (χ1v) is 12.4. The molecule has 1 aromatic carbocycles. The molecular formula is C27H44N4O4. The van der Waals surface area contributed by atoms with Crippen molar-refractivity contribution in [1.29, 1.82) is 0 Å². The number of quaternary nitrogens is 1. The highest BCUT2D eigenvalue weighted by molar-refractivity contribution is 5.91. The quantitative estimate of drug-likeness (QED) is 0.596. The SMILES string of the molecule is CC(C)(C)NC(=O)N[C@H](C(=O)N1CC2[C@@H]([C@H]1C(=O)[O-])C2(C)C)C(C)(C)C.C[C@H]([NH3+])c1ccccc1. The largest absolute Gasteiger partial charge is 0.548 e. The number of carboxylic acids is 1. The molecule has 0 radical (unpaired) electrons. The third-order valence-electron chi connectivity index (χ3n) is 6.98.